The summed E-state index contributed by atoms with van der Waals surface area (Å²) in [6.07, 6.45) is 0. The molecule has 0 aliphatic carbocycles. The van der Waals surface area contributed by atoms with Crippen LogP contribution in [-0.2, 0) is 11.3 Å². The van der Waals surface area contributed by atoms with Gasteiger partial charge in [0.25, 0.3) is 5.56 Å². The van der Waals surface area contributed by atoms with Gasteiger partial charge in [0.15, 0.2) is 0 Å². The van der Waals surface area contributed by atoms with E-state index in [4.69, 9.17) is 14.1 Å². The van der Waals surface area contributed by atoms with Gasteiger partial charge in [0, 0.05) is 36.7 Å². The lowest BCUT2D eigenvalue weighted by Crippen LogP contribution is -2.51. The fourth-order valence-corrected chi connectivity index (χ4v) is 4.31. The van der Waals surface area contributed by atoms with E-state index in [-0.39, 0.29) is 23.2 Å². The summed E-state index contributed by atoms with van der Waals surface area (Å²) in [5.41, 5.74) is 2.90. The van der Waals surface area contributed by atoms with E-state index in [1.165, 1.54) is 7.11 Å². The summed E-state index contributed by atoms with van der Waals surface area (Å²) in [5.74, 6) is 0.301. The monoisotopic (exact) mass is 432 g/mol. The first-order valence-electron chi connectivity index (χ1n) is 10.6. The molecule has 32 heavy (non-hydrogen) atoms. The predicted octanol–water partition coefficient (Wildman–Crippen LogP) is 3.17. The topological polar surface area (TPSA) is 91.7 Å². The number of para-hydroxylation sites is 1. The second kappa shape index (κ2) is 8.12. The second-order valence-corrected chi connectivity index (χ2v) is 8.09. The minimum Gasteiger partial charge on any atom is -0.465 e. The van der Waals surface area contributed by atoms with Gasteiger partial charge in [-0.25, -0.2) is 9.78 Å². The Labute approximate surface area is 184 Å². The minimum absolute atomic E-state index is 0.252. The molecule has 1 atom stereocenters. The second-order valence-electron chi connectivity index (χ2n) is 8.09. The molecule has 1 N–H and O–H groups in total. The quantitative estimate of drug-likeness (QED) is 0.495. The van der Waals surface area contributed by atoms with Crippen molar-refractivity contribution in [1.82, 2.24) is 14.9 Å². The zero-order valence-corrected chi connectivity index (χ0v) is 18.0. The number of ether oxygens (including phenoxy) is 1. The predicted molar refractivity (Wildman–Crippen MR) is 122 cm³/mol. The van der Waals surface area contributed by atoms with Crippen LogP contribution in [0.25, 0.3) is 22.1 Å². The highest BCUT2D eigenvalue weighted by Gasteiger charge is 2.25. The summed E-state index contributed by atoms with van der Waals surface area (Å²) in [7, 11) is 1.38. The van der Waals surface area contributed by atoms with Gasteiger partial charge in [-0.1, -0.05) is 12.1 Å². The van der Waals surface area contributed by atoms with Crippen LogP contribution in [0.1, 0.15) is 23.1 Å². The van der Waals surface area contributed by atoms with E-state index >= 15 is 0 Å². The smallest absolute Gasteiger partial charge is 0.337 e. The van der Waals surface area contributed by atoms with Gasteiger partial charge in [-0.05, 0) is 43.3 Å². The molecule has 1 aliphatic heterocycles. The highest BCUT2D eigenvalue weighted by Crippen LogP contribution is 2.25. The molecule has 8 nitrogen and oxygen atoms in total. The zero-order chi connectivity index (χ0) is 22.2. The van der Waals surface area contributed by atoms with Crippen molar-refractivity contribution < 1.29 is 13.9 Å². The fourth-order valence-electron chi connectivity index (χ4n) is 4.31. The first kappa shape index (κ1) is 20.3. The maximum atomic E-state index is 12.6. The van der Waals surface area contributed by atoms with Crippen LogP contribution >= 0.6 is 0 Å². The van der Waals surface area contributed by atoms with E-state index in [1.807, 2.05) is 36.4 Å². The number of aromatic amines is 1. The number of carbonyl (C=O) groups is 1. The van der Waals surface area contributed by atoms with Crippen molar-refractivity contribution in [3.05, 3.63) is 70.3 Å². The van der Waals surface area contributed by atoms with E-state index in [0.29, 0.717) is 29.0 Å². The molecule has 0 saturated carbocycles. The lowest BCUT2D eigenvalue weighted by molar-refractivity contribution is 0.0600. The van der Waals surface area contributed by atoms with Crippen molar-refractivity contribution in [2.45, 2.75) is 19.5 Å². The SMILES string of the molecule is COC(=O)c1ccc(N2CCN(Cc3nc4c(oc5ccccc54)c(=O)[nH]3)C(C)C2)cc1. The lowest BCUT2D eigenvalue weighted by atomic mass is 10.1. The molecule has 2 aromatic carbocycles. The number of H-pyrrole nitrogens is 1. The molecule has 8 heteroatoms. The van der Waals surface area contributed by atoms with Gasteiger partial charge in [0.1, 0.15) is 16.9 Å². The minimum atomic E-state index is -0.335. The molecule has 1 saturated heterocycles. The van der Waals surface area contributed by atoms with Gasteiger partial charge in [-0.2, -0.15) is 0 Å². The third-order valence-electron chi connectivity index (χ3n) is 6.05. The van der Waals surface area contributed by atoms with Crippen LogP contribution in [0, 0.1) is 0 Å². The van der Waals surface area contributed by atoms with Crippen LogP contribution in [0.2, 0.25) is 0 Å². The largest absolute Gasteiger partial charge is 0.465 e. The maximum absolute atomic E-state index is 12.6. The Bertz CT molecular complexity index is 1340. The summed E-state index contributed by atoms with van der Waals surface area (Å²) in [5, 5.41) is 0.850. The Morgan fingerprint density at radius 1 is 1.19 bits per heavy atom. The number of piperazine rings is 1. The molecule has 0 bridgehead atoms. The molecule has 4 aromatic rings. The average Bonchev–Trinajstić information content (AvgIpc) is 3.19. The highest BCUT2D eigenvalue weighted by molar-refractivity contribution is 6.01. The van der Waals surface area contributed by atoms with Gasteiger partial charge in [-0.15, -0.1) is 0 Å². The van der Waals surface area contributed by atoms with Crippen molar-refractivity contribution in [3.8, 4) is 0 Å². The molecule has 0 spiro atoms. The summed E-state index contributed by atoms with van der Waals surface area (Å²) < 4.78 is 10.5. The number of fused-ring (bicyclic) bond motifs is 3. The number of esters is 1. The van der Waals surface area contributed by atoms with E-state index < -0.39 is 0 Å². The van der Waals surface area contributed by atoms with E-state index in [0.717, 1.165) is 30.7 Å². The van der Waals surface area contributed by atoms with Crippen molar-refractivity contribution in [2.24, 2.45) is 0 Å². The average molecular weight is 432 g/mol. The lowest BCUT2D eigenvalue weighted by Gasteiger charge is -2.40. The van der Waals surface area contributed by atoms with Crippen LogP contribution in [0.5, 0.6) is 0 Å². The van der Waals surface area contributed by atoms with Crippen molar-refractivity contribution in [2.75, 3.05) is 31.6 Å². The maximum Gasteiger partial charge on any atom is 0.337 e. The molecule has 1 aliphatic rings. The van der Waals surface area contributed by atoms with E-state index in [1.54, 1.807) is 12.1 Å². The zero-order valence-electron chi connectivity index (χ0n) is 18.0. The van der Waals surface area contributed by atoms with Crippen LogP contribution < -0.4 is 10.5 Å². The summed E-state index contributed by atoms with van der Waals surface area (Å²) in [6, 6.07) is 15.3. The van der Waals surface area contributed by atoms with Gasteiger partial charge in [0.05, 0.1) is 19.2 Å². The summed E-state index contributed by atoms with van der Waals surface area (Å²) in [6.45, 7) is 5.22. The number of hydrogen-bond donors (Lipinski definition) is 1. The number of hydrogen-bond acceptors (Lipinski definition) is 7. The van der Waals surface area contributed by atoms with Crippen molar-refractivity contribution in [1.29, 1.82) is 0 Å². The molecule has 164 valence electrons. The van der Waals surface area contributed by atoms with Crippen molar-refractivity contribution >= 4 is 33.7 Å². The number of nitrogens with zero attached hydrogens (tertiary/aromatic N) is 3. The van der Waals surface area contributed by atoms with E-state index in [2.05, 4.69) is 21.7 Å². The first-order valence-corrected chi connectivity index (χ1v) is 10.6. The van der Waals surface area contributed by atoms with Crippen LogP contribution in [0.15, 0.2) is 57.7 Å². The number of methoxy groups -OCH3 is 1. The molecule has 0 amide bonds. The first-order chi connectivity index (χ1) is 15.5. The van der Waals surface area contributed by atoms with Gasteiger partial charge in [0.2, 0.25) is 5.58 Å². The standard InChI is InChI=1S/C24H24N4O4/c1-15-13-28(17-9-7-16(8-10-17)24(30)31-2)12-11-27(15)14-20-25-21-18-5-3-4-6-19(18)32-22(21)23(29)26-20/h3-10,15H,11-14H2,1-2H3,(H,25,26,29). The number of rotatable bonds is 4. The third-order valence-corrected chi connectivity index (χ3v) is 6.05. The fraction of sp³-hybridized carbons (Fsp3) is 0.292. The molecule has 5 rings (SSSR count). The number of nitrogens with one attached hydrogen (secondary N) is 1. The number of carbonyl (C=O) groups excluding carboxylic acids is 1. The van der Waals surface area contributed by atoms with Gasteiger partial charge >= 0.3 is 5.97 Å². The van der Waals surface area contributed by atoms with Crippen LogP contribution in [0.4, 0.5) is 5.69 Å². The molecular formula is C24H24N4O4. The third kappa shape index (κ3) is 3.62. The number of aromatic nitrogens is 2. The number of benzene rings is 2. The Kier molecular flexibility index (Phi) is 5.14. The molecule has 2 aromatic heterocycles. The Balaban J connectivity index is 1.32. The van der Waals surface area contributed by atoms with Gasteiger partial charge in [-0.3, -0.25) is 9.69 Å². The Morgan fingerprint density at radius 3 is 2.72 bits per heavy atom. The molecule has 0 radical (unpaired) electrons. The van der Waals surface area contributed by atoms with Crippen LogP contribution in [0.3, 0.4) is 0 Å². The van der Waals surface area contributed by atoms with Crippen molar-refractivity contribution in [3.63, 3.8) is 0 Å². The Hall–Kier alpha value is -3.65. The number of furan rings is 1. The van der Waals surface area contributed by atoms with Crippen LogP contribution in [-0.4, -0.2) is 53.6 Å². The molecule has 3 heterocycles. The Morgan fingerprint density at radius 2 is 1.97 bits per heavy atom. The summed E-state index contributed by atoms with van der Waals surface area (Å²) in [4.78, 5) is 36.4. The summed E-state index contributed by atoms with van der Waals surface area (Å²) >= 11 is 0. The highest BCUT2D eigenvalue weighted by atomic mass is 16.5. The number of anilines is 1. The molecule has 1 fully saturated rings. The van der Waals surface area contributed by atoms with Gasteiger partial charge < -0.3 is 19.0 Å². The molecular weight excluding hydrogens is 408 g/mol. The molecule has 1 unspecified atom stereocenters. The normalized spacial score (nSPS) is 17.2. The van der Waals surface area contributed by atoms with E-state index in [9.17, 15) is 9.59 Å².